The Labute approximate surface area is 77.0 Å². The molecule has 0 spiro atoms. The van der Waals surface area contributed by atoms with E-state index in [0.717, 1.165) is 12.8 Å². The van der Waals surface area contributed by atoms with Crippen molar-refractivity contribution in [3.8, 4) is 0 Å². The highest BCUT2D eigenvalue weighted by Gasteiger charge is 2.26. The van der Waals surface area contributed by atoms with Crippen LogP contribution in [0.25, 0.3) is 0 Å². The Morgan fingerprint density at radius 3 is 2.77 bits per heavy atom. The number of nitrogens with one attached hydrogen (secondary N) is 1. The zero-order valence-electron chi connectivity index (χ0n) is 7.66. The van der Waals surface area contributed by atoms with Gasteiger partial charge in [-0.2, -0.15) is 0 Å². The van der Waals surface area contributed by atoms with Gasteiger partial charge >= 0.3 is 0 Å². The van der Waals surface area contributed by atoms with E-state index in [9.17, 15) is 4.79 Å². The first kappa shape index (κ1) is 9.83. The normalized spacial score (nSPS) is 27.9. The lowest BCUT2D eigenvalue weighted by molar-refractivity contribution is -0.121. The van der Waals surface area contributed by atoms with Gasteiger partial charge in [0.2, 0.25) is 5.91 Å². The van der Waals surface area contributed by atoms with E-state index < -0.39 is 0 Å². The van der Waals surface area contributed by atoms with E-state index in [-0.39, 0.29) is 24.2 Å². The fraction of sp³-hybridized carbons (Fsp3) is 0.750. The second kappa shape index (κ2) is 4.11. The summed E-state index contributed by atoms with van der Waals surface area (Å²) in [6.45, 7) is 2.15. The lowest BCUT2D eigenvalue weighted by atomic mass is 9.82. The SMILES string of the molecule is CC1CC(NC(=O)CC(N)=NO)C1. The molecule has 0 aromatic rings. The number of nitrogens with zero attached hydrogens (tertiary/aromatic N) is 1. The number of oxime groups is 1. The first-order valence-electron chi connectivity index (χ1n) is 4.37. The van der Waals surface area contributed by atoms with Crippen molar-refractivity contribution in [2.24, 2.45) is 16.8 Å². The van der Waals surface area contributed by atoms with Crippen molar-refractivity contribution < 1.29 is 10.0 Å². The van der Waals surface area contributed by atoms with Gasteiger partial charge in [0.1, 0.15) is 5.84 Å². The average Bonchev–Trinajstić information content (AvgIpc) is 2.01. The first-order chi connectivity index (χ1) is 6.11. The minimum Gasteiger partial charge on any atom is -0.409 e. The summed E-state index contributed by atoms with van der Waals surface area (Å²) < 4.78 is 0. The summed E-state index contributed by atoms with van der Waals surface area (Å²) in [6.07, 6.45) is 2.03. The summed E-state index contributed by atoms with van der Waals surface area (Å²) in [5.41, 5.74) is 5.18. The molecule has 0 saturated heterocycles. The van der Waals surface area contributed by atoms with Crippen molar-refractivity contribution >= 4 is 11.7 Å². The minimum atomic E-state index is -0.174. The summed E-state index contributed by atoms with van der Waals surface area (Å²) in [6, 6.07) is 0.286. The van der Waals surface area contributed by atoms with Crippen LogP contribution in [0.15, 0.2) is 5.16 Å². The largest absolute Gasteiger partial charge is 0.409 e. The van der Waals surface area contributed by atoms with Crippen molar-refractivity contribution in [3.63, 3.8) is 0 Å². The van der Waals surface area contributed by atoms with Crippen LogP contribution in [0.5, 0.6) is 0 Å². The van der Waals surface area contributed by atoms with Gasteiger partial charge in [-0.3, -0.25) is 4.79 Å². The van der Waals surface area contributed by atoms with Crippen molar-refractivity contribution in [2.75, 3.05) is 0 Å². The first-order valence-corrected chi connectivity index (χ1v) is 4.37. The monoisotopic (exact) mass is 185 g/mol. The van der Waals surface area contributed by atoms with Gasteiger partial charge in [0.25, 0.3) is 0 Å². The molecule has 1 fully saturated rings. The molecule has 1 aliphatic carbocycles. The van der Waals surface area contributed by atoms with E-state index in [4.69, 9.17) is 10.9 Å². The highest BCUT2D eigenvalue weighted by atomic mass is 16.4. The van der Waals surface area contributed by atoms with Crippen LogP contribution in [0.2, 0.25) is 0 Å². The summed E-state index contributed by atoms with van der Waals surface area (Å²) in [5.74, 6) is 0.478. The highest BCUT2D eigenvalue weighted by Crippen LogP contribution is 2.26. The predicted octanol–water partition coefficient (Wildman–Crippen LogP) is 0.0376. The molecule has 0 heterocycles. The molecule has 1 saturated carbocycles. The van der Waals surface area contributed by atoms with Crippen LogP contribution in [0.1, 0.15) is 26.2 Å². The smallest absolute Gasteiger partial charge is 0.227 e. The topological polar surface area (TPSA) is 87.7 Å². The fourth-order valence-corrected chi connectivity index (χ4v) is 1.50. The summed E-state index contributed by atoms with van der Waals surface area (Å²) in [7, 11) is 0. The Kier molecular flexibility index (Phi) is 3.11. The van der Waals surface area contributed by atoms with Crippen molar-refractivity contribution in [1.29, 1.82) is 0 Å². The second-order valence-electron chi connectivity index (χ2n) is 3.61. The molecule has 74 valence electrons. The Bertz CT molecular complexity index is 221. The third-order valence-electron chi connectivity index (χ3n) is 2.21. The maximum atomic E-state index is 11.1. The standard InChI is InChI=1S/C8H15N3O2/c1-5-2-6(3-5)10-8(12)4-7(9)11-13/h5-6,13H,2-4H2,1H3,(H2,9,11)(H,10,12). The van der Waals surface area contributed by atoms with Gasteiger partial charge < -0.3 is 16.3 Å². The maximum Gasteiger partial charge on any atom is 0.227 e. The van der Waals surface area contributed by atoms with Gasteiger partial charge in [0.05, 0.1) is 6.42 Å². The van der Waals surface area contributed by atoms with Gasteiger partial charge in [0, 0.05) is 6.04 Å². The lowest BCUT2D eigenvalue weighted by Crippen LogP contribution is -2.44. The molecule has 5 heteroatoms. The van der Waals surface area contributed by atoms with E-state index in [1.807, 2.05) is 0 Å². The van der Waals surface area contributed by atoms with Gasteiger partial charge in [-0.05, 0) is 18.8 Å². The third kappa shape index (κ3) is 2.93. The molecule has 1 amide bonds. The van der Waals surface area contributed by atoms with Crippen LogP contribution < -0.4 is 11.1 Å². The quantitative estimate of drug-likeness (QED) is 0.251. The van der Waals surface area contributed by atoms with E-state index in [1.54, 1.807) is 0 Å². The van der Waals surface area contributed by atoms with Crippen LogP contribution in [0, 0.1) is 5.92 Å². The molecule has 5 nitrogen and oxygen atoms in total. The Morgan fingerprint density at radius 1 is 1.69 bits per heavy atom. The van der Waals surface area contributed by atoms with Crippen LogP contribution in [0.4, 0.5) is 0 Å². The lowest BCUT2D eigenvalue weighted by Gasteiger charge is -2.33. The molecule has 4 N–H and O–H groups in total. The Hall–Kier alpha value is -1.26. The maximum absolute atomic E-state index is 11.1. The molecule has 0 aromatic carbocycles. The number of rotatable bonds is 3. The molecular formula is C8H15N3O2. The van der Waals surface area contributed by atoms with Gasteiger partial charge in [-0.1, -0.05) is 12.1 Å². The molecule has 0 radical (unpaired) electrons. The van der Waals surface area contributed by atoms with E-state index >= 15 is 0 Å². The number of hydrogen-bond acceptors (Lipinski definition) is 3. The van der Waals surface area contributed by atoms with Crippen molar-refractivity contribution in [2.45, 2.75) is 32.2 Å². The van der Waals surface area contributed by atoms with Crippen molar-refractivity contribution in [3.05, 3.63) is 0 Å². The Balaban J connectivity index is 2.19. The van der Waals surface area contributed by atoms with Crippen LogP contribution >= 0.6 is 0 Å². The molecule has 0 atom stereocenters. The molecular weight excluding hydrogens is 170 g/mol. The minimum absolute atomic E-state index is 0.0264. The van der Waals surface area contributed by atoms with Gasteiger partial charge in [-0.15, -0.1) is 0 Å². The van der Waals surface area contributed by atoms with Crippen molar-refractivity contribution in [1.82, 2.24) is 5.32 Å². The molecule has 1 rings (SSSR count). The number of carbonyl (C=O) groups is 1. The van der Waals surface area contributed by atoms with E-state index in [2.05, 4.69) is 17.4 Å². The van der Waals surface area contributed by atoms with Crippen LogP contribution in [-0.2, 0) is 4.79 Å². The fourth-order valence-electron chi connectivity index (χ4n) is 1.50. The average molecular weight is 185 g/mol. The summed E-state index contributed by atoms with van der Waals surface area (Å²) >= 11 is 0. The molecule has 1 aliphatic rings. The predicted molar refractivity (Wildman–Crippen MR) is 48.4 cm³/mol. The molecule has 13 heavy (non-hydrogen) atoms. The number of nitrogens with two attached hydrogens (primary N) is 1. The Morgan fingerprint density at radius 2 is 2.31 bits per heavy atom. The summed E-state index contributed by atoms with van der Waals surface area (Å²) in [5, 5.41) is 13.7. The number of hydrogen-bond donors (Lipinski definition) is 3. The highest BCUT2D eigenvalue weighted by molar-refractivity contribution is 5.98. The zero-order valence-corrected chi connectivity index (χ0v) is 7.66. The van der Waals surface area contributed by atoms with E-state index in [0.29, 0.717) is 5.92 Å². The zero-order chi connectivity index (χ0) is 9.84. The summed E-state index contributed by atoms with van der Waals surface area (Å²) in [4.78, 5) is 11.1. The van der Waals surface area contributed by atoms with E-state index in [1.165, 1.54) is 0 Å². The number of amidine groups is 1. The molecule has 0 unspecified atom stereocenters. The van der Waals surface area contributed by atoms with Crippen LogP contribution in [0.3, 0.4) is 0 Å². The number of carbonyl (C=O) groups excluding carboxylic acids is 1. The van der Waals surface area contributed by atoms with Crippen LogP contribution in [-0.4, -0.2) is 23.0 Å². The van der Waals surface area contributed by atoms with Gasteiger partial charge in [-0.25, -0.2) is 0 Å². The molecule has 0 bridgehead atoms. The molecule has 0 aliphatic heterocycles. The number of amides is 1. The van der Waals surface area contributed by atoms with Gasteiger partial charge in [0.15, 0.2) is 0 Å². The molecule has 0 aromatic heterocycles. The third-order valence-corrected chi connectivity index (χ3v) is 2.21. The second-order valence-corrected chi connectivity index (χ2v) is 3.61.